The van der Waals surface area contributed by atoms with Crippen molar-refractivity contribution in [3.63, 3.8) is 0 Å². The normalized spacial score (nSPS) is 17.7. The van der Waals surface area contributed by atoms with Crippen LogP contribution < -0.4 is 10.9 Å². The molecule has 3 aromatic rings. The average Bonchev–Trinajstić information content (AvgIpc) is 2.72. The van der Waals surface area contributed by atoms with Gasteiger partial charge in [0.1, 0.15) is 18.0 Å². The van der Waals surface area contributed by atoms with Crippen LogP contribution in [0.1, 0.15) is 19.3 Å². The molecule has 1 unspecified atom stereocenters. The summed E-state index contributed by atoms with van der Waals surface area (Å²) in [5.74, 6) is 0.414. The maximum absolute atomic E-state index is 13.4. The third-order valence-electron chi connectivity index (χ3n) is 5.24. The molecule has 0 radical (unpaired) electrons. The number of aromatic nitrogens is 4. The number of anilines is 1. The van der Waals surface area contributed by atoms with Gasteiger partial charge >= 0.3 is 0 Å². The Balaban J connectivity index is 1.43. The summed E-state index contributed by atoms with van der Waals surface area (Å²) in [6, 6.07) is 8.08. The number of hydrogen-bond donors (Lipinski definition) is 1. The van der Waals surface area contributed by atoms with Gasteiger partial charge in [0.05, 0.1) is 12.1 Å². The Morgan fingerprint density at radius 1 is 1.18 bits per heavy atom. The molecule has 0 amide bonds. The first-order chi connectivity index (χ1) is 13.7. The summed E-state index contributed by atoms with van der Waals surface area (Å²) in [6.45, 7) is 3.09. The molecule has 1 atom stereocenters. The van der Waals surface area contributed by atoms with E-state index in [2.05, 4.69) is 25.3 Å². The van der Waals surface area contributed by atoms with Gasteiger partial charge in [0.15, 0.2) is 0 Å². The lowest BCUT2D eigenvalue weighted by atomic mass is 10.0. The molecule has 1 aliphatic rings. The van der Waals surface area contributed by atoms with Gasteiger partial charge in [0.25, 0.3) is 5.56 Å². The molecule has 0 saturated carbocycles. The van der Waals surface area contributed by atoms with Crippen LogP contribution in [0.2, 0.25) is 0 Å². The van der Waals surface area contributed by atoms with Gasteiger partial charge in [0.2, 0.25) is 0 Å². The predicted molar refractivity (Wildman–Crippen MR) is 106 cm³/mol. The maximum Gasteiger partial charge on any atom is 0.266 e. The Morgan fingerprint density at radius 3 is 3.00 bits per heavy atom. The van der Waals surface area contributed by atoms with Gasteiger partial charge in [-0.05, 0) is 37.6 Å². The maximum atomic E-state index is 13.4. The Morgan fingerprint density at radius 2 is 2.11 bits per heavy atom. The lowest BCUT2D eigenvalue weighted by Gasteiger charge is -2.36. The fourth-order valence-electron chi connectivity index (χ4n) is 3.75. The van der Waals surface area contributed by atoms with Crippen molar-refractivity contribution in [2.75, 3.05) is 25.0 Å². The van der Waals surface area contributed by atoms with Crippen LogP contribution >= 0.6 is 0 Å². The molecule has 3 heterocycles. The van der Waals surface area contributed by atoms with E-state index in [1.807, 2.05) is 0 Å². The van der Waals surface area contributed by atoms with E-state index >= 15 is 0 Å². The average molecular weight is 382 g/mol. The molecule has 0 spiro atoms. The van der Waals surface area contributed by atoms with Gasteiger partial charge in [-0.2, -0.15) is 5.10 Å². The molecule has 1 saturated heterocycles. The third kappa shape index (κ3) is 4.17. The lowest BCUT2D eigenvalue weighted by Crippen LogP contribution is -2.45. The topological polar surface area (TPSA) is 75.9 Å². The number of likely N-dealkylation sites (tertiary alicyclic amines) is 1. The van der Waals surface area contributed by atoms with E-state index in [0.717, 1.165) is 43.7 Å². The summed E-state index contributed by atoms with van der Waals surface area (Å²) >= 11 is 0. The van der Waals surface area contributed by atoms with Gasteiger partial charge < -0.3 is 5.32 Å². The molecule has 28 heavy (non-hydrogen) atoms. The molecule has 1 aromatic carbocycles. The molecule has 0 aliphatic carbocycles. The van der Waals surface area contributed by atoms with E-state index in [-0.39, 0.29) is 11.4 Å². The predicted octanol–water partition coefficient (Wildman–Crippen LogP) is 2.29. The highest BCUT2D eigenvalue weighted by atomic mass is 19.1. The number of piperidine rings is 1. The number of hydrogen-bond acceptors (Lipinski definition) is 6. The summed E-state index contributed by atoms with van der Waals surface area (Å²) < 4.78 is 14.9. The smallest absolute Gasteiger partial charge is 0.266 e. The van der Waals surface area contributed by atoms with Crippen molar-refractivity contribution in [1.82, 2.24) is 24.6 Å². The molecule has 4 rings (SSSR count). The van der Waals surface area contributed by atoms with E-state index in [4.69, 9.17) is 0 Å². The van der Waals surface area contributed by atoms with Crippen molar-refractivity contribution in [3.05, 3.63) is 59.0 Å². The first-order valence-electron chi connectivity index (χ1n) is 9.61. The Kier molecular flexibility index (Phi) is 5.57. The highest BCUT2D eigenvalue weighted by Crippen LogP contribution is 2.22. The SMILES string of the molecule is O=c1cccnn1CCN1CCCCC1CNc1ncnc2cc(F)ccc12. The van der Waals surface area contributed by atoms with Crippen LogP contribution in [0, 0.1) is 5.82 Å². The number of halogens is 1. The molecule has 2 aromatic heterocycles. The summed E-state index contributed by atoms with van der Waals surface area (Å²) in [4.78, 5) is 22.7. The molecule has 1 N–H and O–H groups in total. The molecule has 1 fully saturated rings. The highest BCUT2D eigenvalue weighted by Gasteiger charge is 2.22. The molecular formula is C20H23FN6O. The van der Waals surface area contributed by atoms with E-state index in [0.29, 0.717) is 18.1 Å². The van der Waals surface area contributed by atoms with E-state index < -0.39 is 0 Å². The van der Waals surface area contributed by atoms with Crippen molar-refractivity contribution < 1.29 is 4.39 Å². The fraction of sp³-hybridized carbons (Fsp3) is 0.400. The van der Waals surface area contributed by atoms with Gasteiger partial charge in [0, 0.05) is 42.8 Å². The summed E-state index contributed by atoms with van der Waals surface area (Å²) in [5, 5.41) is 8.37. The van der Waals surface area contributed by atoms with Gasteiger partial charge in [-0.25, -0.2) is 19.0 Å². The minimum atomic E-state index is -0.305. The van der Waals surface area contributed by atoms with Gasteiger partial charge in [-0.1, -0.05) is 6.42 Å². The van der Waals surface area contributed by atoms with Crippen LogP contribution in [0.3, 0.4) is 0 Å². The van der Waals surface area contributed by atoms with Gasteiger partial charge in [-0.3, -0.25) is 9.69 Å². The lowest BCUT2D eigenvalue weighted by molar-refractivity contribution is 0.148. The quantitative estimate of drug-likeness (QED) is 0.705. The first-order valence-corrected chi connectivity index (χ1v) is 9.61. The molecule has 8 heteroatoms. The summed E-state index contributed by atoms with van der Waals surface area (Å²) in [5.41, 5.74) is 0.515. The second-order valence-electron chi connectivity index (χ2n) is 7.04. The van der Waals surface area contributed by atoms with Crippen LogP contribution in [0.15, 0.2) is 47.7 Å². The fourth-order valence-corrected chi connectivity index (χ4v) is 3.75. The number of fused-ring (bicyclic) bond motifs is 1. The third-order valence-corrected chi connectivity index (χ3v) is 5.24. The van der Waals surface area contributed by atoms with Crippen molar-refractivity contribution >= 4 is 16.7 Å². The molecule has 1 aliphatic heterocycles. The van der Waals surface area contributed by atoms with Crippen LogP contribution in [-0.4, -0.2) is 50.3 Å². The molecular weight excluding hydrogens is 359 g/mol. The molecule has 146 valence electrons. The highest BCUT2D eigenvalue weighted by molar-refractivity contribution is 5.88. The first kappa shape index (κ1) is 18.5. The van der Waals surface area contributed by atoms with Crippen molar-refractivity contribution in [3.8, 4) is 0 Å². The zero-order valence-electron chi connectivity index (χ0n) is 15.6. The number of nitrogens with one attached hydrogen (secondary N) is 1. The number of benzene rings is 1. The summed E-state index contributed by atoms with van der Waals surface area (Å²) in [6.07, 6.45) is 6.52. The van der Waals surface area contributed by atoms with Crippen molar-refractivity contribution in [2.24, 2.45) is 0 Å². The Bertz CT molecular complexity index is 1010. The molecule has 7 nitrogen and oxygen atoms in total. The Hall–Kier alpha value is -2.87. The monoisotopic (exact) mass is 382 g/mol. The number of rotatable bonds is 6. The van der Waals surface area contributed by atoms with E-state index in [1.54, 1.807) is 18.3 Å². The van der Waals surface area contributed by atoms with Crippen molar-refractivity contribution in [2.45, 2.75) is 31.8 Å². The minimum Gasteiger partial charge on any atom is -0.368 e. The van der Waals surface area contributed by atoms with Gasteiger partial charge in [-0.15, -0.1) is 0 Å². The second kappa shape index (κ2) is 8.43. The summed E-state index contributed by atoms with van der Waals surface area (Å²) in [7, 11) is 0. The number of nitrogens with zero attached hydrogens (tertiary/aromatic N) is 5. The minimum absolute atomic E-state index is 0.0751. The van der Waals surface area contributed by atoms with E-state index in [1.165, 1.54) is 35.6 Å². The van der Waals surface area contributed by atoms with Crippen LogP contribution in [0.5, 0.6) is 0 Å². The largest absolute Gasteiger partial charge is 0.368 e. The van der Waals surface area contributed by atoms with E-state index in [9.17, 15) is 9.18 Å². The molecule has 0 bridgehead atoms. The zero-order valence-corrected chi connectivity index (χ0v) is 15.6. The standard InChI is InChI=1S/C20H23FN6O/c21-15-6-7-17-18(12-15)23-14-24-20(17)22-13-16-4-1-2-9-26(16)10-11-27-19(28)5-3-8-25-27/h3,5-8,12,14,16H,1-2,4,9-11,13H2,(H,22,23,24). The zero-order chi connectivity index (χ0) is 19.3. The van der Waals surface area contributed by atoms with Crippen molar-refractivity contribution in [1.29, 1.82) is 0 Å². The van der Waals surface area contributed by atoms with Crippen LogP contribution in [-0.2, 0) is 6.54 Å². The second-order valence-corrected chi connectivity index (χ2v) is 7.04. The Labute approximate surface area is 162 Å². The van der Waals surface area contributed by atoms with Crippen LogP contribution in [0.4, 0.5) is 10.2 Å². The van der Waals surface area contributed by atoms with Crippen LogP contribution in [0.25, 0.3) is 10.9 Å².